The lowest BCUT2D eigenvalue weighted by molar-refractivity contribution is 0.255. The molecule has 4 nitrogen and oxygen atoms in total. The van der Waals surface area contributed by atoms with Crippen LogP contribution in [0.3, 0.4) is 0 Å². The van der Waals surface area contributed by atoms with E-state index in [4.69, 9.17) is 4.74 Å². The van der Waals surface area contributed by atoms with E-state index in [0.29, 0.717) is 0 Å². The fraction of sp³-hybridized carbons (Fsp3) is 0.0500. The predicted octanol–water partition coefficient (Wildman–Crippen LogP) is 4.64. The lowest BCUT2D eigenvalue weighted by atomic mass is 10.1. The Morgan fingerprint density at radius 2 is 1.79 bits per heavy atom. The van der Waals surface area contributed by atoms with Crippen molar-refractivity contribution in [1.82, 2.24) is 5.32 Å². The molecule has 0 unspecified atom stereocenters. The number of methoxy groups -OCH3 is 1. The van der Waals surface area contributed by atoms with E-state index in [1.807, 2.05) is 72.8 Å². The molecule has 0 bridgehead atoms. The largest absolute Gasteiger partial charge is 0.497 e. The minimum absolute atomic E-state index is 0.287. The van der Waals surface area contributed by atoms with Crippen LogP contribution in [0.15, 0.2) is 72.9 Å². The second-order valence-electron chi connectivity index (χ2n) is 5.24. The zero-order valence-electron chi connectivity index (χ0n) is 13.3. The Kier molecular flexibility index (Phi) is 4.77. The van der Waals surface area contributed by atoms with Crippen LogP contribution in [0.2, 0.25) is 0 Å². The average Bonchev–Trinajstić information content (AvgIpc) is 2.62. The second-order valence-corrected chi connectivity index (χ2v) is 5.24. The summed E-state index contributed by atoms with van der Waals surface area (Å²) in [6.45, 7) is 0. The van der Waals surface area contributed by atoms with E-state index in [-0.39, 0.29) is 6.03 Å². The van der Waals surface area contributed by atoms with Gasteiger partial charge in [0.05, 0.1) is 12.8 Å². The number of urea groups is 1. The Hall–Kier alpha value is -3.27. The number of amides is 2. The monoisotopic (exact) mass is 318 g/mol. The SMILES string of the molecule is COc1cccc(/C=C/NC(=O)Nc2cccc3ccccc23)c1. The van der Waals surface area contributed by atoms with Crippen molar-refractivity contribution in [3.63, 3.8) is 0 Å². The molecular weight excluding hydrogens is 300 g/mol. The summed E-state index contributed by atoms with van der Waals surface area (Å²) in [6.07, 6.45) is 3.42. The first kappa shape index (κ1) is 15.6. The normalized spacial score (nSPS) is 10.7. The highest BCUT2D eigenvalue weighted by atomic mass is 16.5. The van der Waals surface area contributed by atoms with Crippen LogP contribution >= 0.6 is 0 Å². The molecule has 3 aromatic carbocycles. The zero-order valence-corrected chi connectivity index (χ0v) is 13.3. The number of carbonyl (C=O) groups is 1. The molecule has 0 aliphatic carbocycles. The van der Waals surface area contributed by atoms with Gasteiger partial charge in [-0.1, -0.05) is 48.5 Å². The van der Waals surface area contributed by atoms with Crippen LogP contribution < -0.4 is 15.4 Å². The molecule has 4 heteroatoms. The van der Waals surface area contributed by atoms with E-state index < -0.39 is 0 Å². The summed E-state index contributed by atoms with van der Waals surface area (Å²) in [5.41, 5.74) is 1.72. The van der Waals surface area contributed by atoms with Crippen molar-refractivity contribution < 1.29 is 9.53 Å². The molecule has 0 aromatic heterocycles. The van der Waals surface area contributed by atoms with Crippen molar-refractivity contribution in [3.05, 3.63) is 78.5 Å². The van der Waals surface area contributed by atoms with Crippen molar-refractivity contribution in [2.45, 2.75) is 0 Å². The molecule has 2 amide bonds. The van der Waals surface area contributed by atoms with Crippen molar-refractivity contribution in [2.75, 3.05) is 12.4 Å². The predicted molar refractivity (Wildman–Crippen MR) is 98.1 cm³/mol. The first-order valence-corrected chi connectivity index (χ1v) is 7.62. The number of benzene rings is 3. The number of hydrogen-bond acceptors (Lipinski definition) is 2. The van der Waals surface area contributed by atoms with Gasteiger partial charge in [-0.3, -0.25) is 0 Å². The first-order valence-electron chi connectivity index (χ1n) is 7.62. The molecule has 0 fully saturated rings. The molecule has 0 saturated carbocycles. The van der Waals surface area contributed by atoms with Crippen molar-refractivity contribution >= 4 is 28.6 Å². The minimum Gasteiger partial charge on any atom is -0.497 e. The van der Waals surface area contributed by atoms with Crippen molar-refractivity contribution in [1.29, 1.82) is 0 Å². The Bertz CT molecular complexity index is 882. The van der Waals surface area contributed by atoms with E-state index in [2.05, 4.69) is 10.6 Å². The van der Waals surface area contributed by atoms with Gasteiger partial charge in [-0.2, -0.15) is 0 Å². The van der Waals surface area contributed by atoms with Gasteiger partial charge in [0.1, 0.15) is 5.75 Å². The molecular formula is C20H18N2O2. The molecule has 0 aliphatic heterocycles. The van der Waals surface area contributed by atoms with Gasteiger partial charge < -0.3 is 15.4 Å². The van der Waals surface area contributed by atoms with Gasteiger partial charge in [0.2, 0.25) is 0 Å². The first-order chi connectivity index (χ1) is 11.8. The lowest BCUT2D eigenvalue weighted by Crippen LogP contribution is -2.23. The molecule has 120 valence electrons. The maximum absolute atomic E-state index is 12.1. The van der Waals surface area contributed by atoms with Crippen LogP contribution in [0.5, 0.6) is 5.75 Å². The van der Waals surface area contributed by atoms with Crippen LogP contribution in [0.4, 0.5) is 10.5 Å². The fourth-order valence-corrected chi connectivity index (χ4v) is 2.45. The molecule has 0 heterocycles. The molecule has 3 rings (SSSR count). The number of fused-ring (bicyclic) bond motifs is 1. The van der Waals surface area contributed by atoms with Gasteiger partial charge in [0.25, 0.3) is 0 Å². The number of carbonyl (C=O) groups excluding carboxylic acids is 1. The maximum Gasteiger partial charge on any atom is 0.323 e. The quantitative estimate of drug-likeness (QED) is 0.736. The Balaban J connectivity index is 1.66. The molecule has 0 saturated heterocycles. The Morgan fingerprint density at radius 3 is 2.67 bits per heavy atom. The molecule has 24 heavy (non-hydrogen) atoms. The van der Waals surface area contributed by atoms with Crippen molar-refractivity contribution in [3.8, 4) is 5.75 Å². The fourth-order valence-electron chi connectivity index (χ4n) is 2.45. The lowest BCUT2D eigenvalue weighted by Gasteiger charge is -2.08. The summed E-state index contributed by atoms with van der Waals surface area (Å²) in [5, 5.41) is 7.67. The average molecular weight is 318 g/mol. The Labute approximate surface area is 140 Å². The molecule has 2 N–H and O–H groups in total. The second kappa shape index (κ2) is 7.33. The molecule has 0 atom stereocenters. The van der Waals surface area contributed by atoms with E-state index in [1.54, 1.807) is 13.3 Å². The number of rotatable bonds is 4. The van der Waals surface area contributed by atoms with Crippen LogP contribution in [0.25, 0.3) is 16.8 Å². The standard InChI is InChI=1S/C20H18N2O2/c1-24-17-9-4-6-15(14-17)12-13-21-20(23)22-19-11-5-8-16-7-2-3-10-18(16)19/h2-14H,1H3,(H2,21,22,23)/b13-12+. The van der Waals surface area contributed by atoms with Crippen LogP contribution in [-0.2, 0) is 0 Å². The van der Waals surface area contributed by atoms with Gasteiger partial charge in [-0.05, 0) is 35.2 Å². The van der Waals surface area contributed by atoms with Crippen molar-refractivity contribution in [2.24, 2.45) is 0 Å². The zero-order chi connectivity index (χ0) is 16.8. The number of nitrogens with one attached hydrogen (secondary N) is 2. The third-order valence-corrected chi connectivity index (χ3v) is 3.62. The minimum atomic E-state index is -0.287. The summed E-state index contributed by atoms with van der Waals surface area (Å²) in [7, 11) is 1.62. The summed E-state index contributed by atoms with van der Waals surface area (Å²) in [4.78, 5) is 12.1. The molecule has 0 spiro atoms. The summed E-state index contributed by atoms with van der Waals surface area (Å²) in [5.74, 6) is 0.775. The van der Waals surface area contributed by atoms with Gasteiger partial charge in [-0.25, -0.2) is 4.79 Å². The van der Waals surface area contributed by atoms with Gasteiger partial charge in [0.15, 0.2) is 0 Å². The summed E-state index contributed by atoms with van der Waals surface area (Å²) in [6, 6.07) is 21.1. The summed E-state index contributed by atoms with van der Waals surface area (Å²) < 4.78 is 5.17. The third kappa shape index (κ3) is 3.73. The molecule has 0 radical (unpaired) electrons. The van der Waals surface area contributed by atoms with Crippen LogP contribution in [-0.4, -0.2) is 13.1 Å². The van der Waals surface area contributed by atoms with E-state index >= 15 is 0 Å². The van der Waals surface area contributed by atoms with Gasteiger partial charge >= 0.3 is 6.03 Å². The van der Waals surface area contributed by atoms with Gasteiger partial charge in [-0.15, -0.1) is 0 Å². The number of hydrogen-bond donors (Lipinski definition) is 2. The smallest absolute Gasteiger partial charge is 0.323 e. The van der Waals surface area contributed by atoms with E-state index in [1.165, 1.54) is 0 Å². The highest BCUT2D eigenvalue weighted by molar-refractivity contribution is 6.01. The third-order valence-electron chi connectivity index (χ3n) is 3.62. The number of anilines is 1. The maximum atomic E-state index is 12.1. The number of ether oxygens (including phenoxy) is 1. The Morgan fingerprint density at radius 1 is 1.00 bits per heavy atom. The summed E-state index contributed by atoms with van der Waals surface area (Å²) >= 11 is 0. The topological polar surface area (TPSA) is 50.4 Å². The van der Waals surface area contributed by atoms with Gasteiger partial charge in [0, 0.05) is 11.6 Å². The van der Waals surface area contributed by atoms with E-state index in [0.717, 1.165) is 27.8 Å². The van der Waals surface area contributed by atoms with E-state index in [9.17, 15) is 4.79 Å². The van der Waals surface area contributed by atoms with Crippen LogP contribution in [0.1, 0.15) is 5.56 Å². The highest BCUT2D eigenvalue weighted by Gasteiger charge is 2.03. The highest BCUT2D eigenvalue weighted by Crippen LogP contribution is 2.22. The molecule has 0 aliphatic rings. The molecule has 3 aromatic rings. The van der Waals surface area contributed by atoms with Crippen LogP contribution in [0, 0.1) is 0 Å².